The second-order valence-electron chi connectivity index (χ2n) is 28.6. The molecule has 0 amide bonds. The standard InChI is InChI=1S/C38H24N2O2.C26H16ClNO.C20H12BrNO.C12H9NO.C6H6BClO2.3CH3I/c1-2-10-26(11-3-1)40-32-17-6-4-13-30(32)36-35-27(14-9-19-34(35)42-38(36)40)24-20-22-25(23-21-24)39-31-16-8-15-29-28-12-5-7-18-33(28)41-37(29)31;27-18-15-13-17(14-16-18)20-10-6-12-23-24(20)25-21-9-4-5-11-22(21)28(26(25)29-23)19-7-2-1-3-8-19;21-15-10-6-12-17-19(15)18-14-9-4-5-11-16(14)22(20(18)23-17)13-7-2-1-3-8-13;13-10-6-3-5-9-8-4-1-2-7-11(8)14-12(9)10;8-6-3-1-5(2-4-6)7(9)10;3*1-2/h1-23,39H;1-16H;1-12H;1-7H,13H2;1-4,9-10H;3*1H3. The molecule has 0 atom stereocenters. The molecule has 5 N–H and O–H groups in total. The molecule has 0 aliphatic heterocycles. The Morgan fingerprint density at radius 2 is 0.637 bits per heavy atom. The van der Waals surface area contributed by atoms with Crippen LogP contribution in [0.5, 0.6) is 0 Å². The molecule has 0 aliphatic carbocycles. The van der Waals surface area contributed by atoms with Crippen LogP contribution in [0.1, 0.15) is 0 Å². The molecule has 19 heteroatoms. The second kappa shape index (κ2) is 38.0. The van der Waals surface area contributed by atoms with E-state index in [0.29, 0.717) is 16.2 Å². The minimum atomic E-state index is -1.41. The van der Waals surface area contributed by atoms with Crippen molar-refractivity contribution in [2.24, 2.45) is 0 Å². The maximum atomic E-state index is 8.63. The van der Waals surface area contributed by atoms with Crippen LogP contribution in [0.3, 0.4) is 0 Å². The average molecular weight is 2060 g/mol. The lowest BCUT2D eigenvalue weighted by molar-refractivity contribution is 0.426. The maximum absolute atomic E-state index is 8.63. The van der Waals surface area contributed by atoms with E-state index in [4.69, 9.17) is 61.1 Å². The van der Waals surface area contributed by atoms with E-state index < -0.39 is 7.12 Å². The molecule has 608 valence electrons. The summed E-state index contributed by atoms with van der Waals surface area (Å²) >= 11 is 21.8. The number of fused-ring (bicyclic) bond motifs is 21. The van der Waals surface area contributed by atoms with Crippen molar-refractivity contribution in [1.82, 2.24) is 13.7 Å². The molecule has 8 aromatic heterocycles. The van der Waals surface area contributed by atoms with Crippen LogP contribution in [-0.4, -0.2) is 45.7 Å². The highest BCUT2D eigenvalue weighted by Gasteiger charge is 2.26. The Balaban J connectivity index is 0.000000116. The van der Waals surface area contributed by atoms with Gasteiger partial charge in [-0.1, -0.05) is 343 Å². The van der Waals surface area contributed by atoms with Gasteiger partial charge in [-0.2, -0.15) is 0 Å². The Morgan fingerprint density at radius 3 is 1.08 bits per heavy atom. The molecule has 124 heavy (non-hydrogen) atoms. The number of hydrogen-bond acceptors (Lipinski definition) is 9. The first-order valence-electron chi connectivity index (χ1n) is 39.7. The number of nitrogens with zero attached hydrogens (tertiary/aromatic N) is 3. The smallest absolute Gasteiger partial charge is 0.454 e. The van der Waals surface area contributed by atoms with Crippen molar-refractivity contribution in [1.29, 1.82) is 0 Å². The van der Waals surface area contributed by atoms with Gasteiger partial charge < -0.3 is 43.2 Å². The summed E-state index contributed by atoms with van der Waals surface area (Å²) in [5, 5.41) is 37.0. The van der Waals surface area contributed by atoms with Crippen LogP contribution >= 0.6 is 107 Å². The van der Waals surface area contributed by atoms with Crippen molar-refractivity contribution in [2.75, 3.05) is 25.8 Å². The predicted octanol–water partition coefficient (Wildman–Crippen LogP) is 31.3. The lowest BCUT2D eigenvalue weighted by Crippen LogP contribution is -2.29. The number of nitrogens with one attached hydrogen (secondary N) is 1. The molecule has 12 nitrogen and oxygen atoms in total. The Morgan fingerprint density at radius 1 is 0.306 bits per heavy atom. The molecule has 0 bridgehead atoms. The van der Waals surface area contributed by atoms with E-state index in [1.807, 2.05) is 130 Å². The summed E-state index contributed by atoms with van der Waals surface area (Å²) < 4.78 is 38.8. The molecule has 0 radical (unpaired) electrons. The van der Waals surface area contributed by atoms with E-state index in [1.54, 1.807) is 24.3 Å². The highest BCUT2D eigenvalue weighted by molar-refractivity contribution is 14.1. The van der Waals surface area contributed by atoms with Crippen LogP contribution in [-0.2, 0) is 0 Å². The fraction of sp³-hybridized carbons (Fsp3) is 0.0286. The van der Waals surface area contributed by atoms with Gasteiger partial charge in [0.1, 0.15) is 27.9 Å². The van der Waals surface area contributed by atoms with Crippen molar-refractivity contribution in [2.45, 2.75) is 0 Å². The van der Waals surface area contributed by atoms with Gasteiger partial charge in [-0.3, -0.25) is 13.7 Å². The number of nitrogens with two attached hydrogens (primary N) is 1. The zero-order chi connectivity index (χ0) is 85.5. The van der Waals surface area contributed by atoms with Gasteiger partial charge >= 0.3 is 7.12 Å². The van der Waals surface area contributed by atoms with Crippen LogP contribution in [0.15, 0.2) is 403 Å². The number of benzene rings is 16. The van der Waals surface area contributed by atoms with Gasteiger partial charge in [0.25, 0.3) is 0 Å². The summed E-state index contributed by atoms with van der Waals surface area (Å²) in [5.74, 6) is 0. The van der Waals surface area contributed by atoms with Gasteiger partial charge in [0.15, 0.2) is 11.2 Å². The number of hydrogen-bond donors (Lipinski definition) is 4. The predicted molar refractivity (Wildman–Crippen MR) is 551 cm³/mol. The number of rotatable bonds is 8. The van der Waals surface area contributed by atoms with E-state index in [0.717, 1.165) is 187 Å². The van der Waals surface area contributed by atoms with Gasteiger partial charge in [0.2, 0.25) is 17.1 Å². The Hall–Kier alpha value is -12.0. The number of halogens is 6. The molecular formula is C105H76BBrCl2I3N5O7. The maximum Gasteiger partial charge on any atom is 0.488 e. The van der Waals surface area contributed by atoms with Gasteiger partial charge in [-0.05, 0) is 182 Å². The SMILES string of the molecule is Brc1cccc2oc3c(c4ccccc4n3-c3ccccc3)c12.CI.CI.CI.Clc1ccc(-c2cccc3oc4c(c5ccccc5n4-c4ccccc4)c23)cc1.Nc1cccc2c1oc1ccccc12.OB(O)c1ccc(Cl)cc1.c1ccc(-n2c3ccccc3c3c4c(-c5ccc(Nc6cccc7c6oc6ccccc67)cc5)cccc4oc32)cc1. The Bertz CT molecular complexity index is 7890. The summed E-state index contributed by atoms with van der Waals surface area (Å²) in [4.78, 5) is 5.91. The van der Waals surface area contributed by atoms with Gasteiger partial charge in [0.05, 0.1) is 44.1 Å². The van der Waals surface area contributed by atoms with Crippen LogP contribution < -0.4 is 16.5 Å². The average Bonchev–Trinajstić information content (AvgIpc) is 1.56. The molecule has 0 saturated heterocycles. The number of para-hydroxylation sites is 10. The molecule has 24 aromatic rings. The highest BCUT2D eigenvalue weighted by Crippen LogP contribution is 2.47. The van der Waals surface area contributed by atoms with Gasteiger partial charge in [-0.25, -0.2) is 0 Å². The zero-order valence-corrected chi connectivity index (χ0v) is 76.6. The summed E-state index contributed by atoms with van der Waals surface area (Å²) in [6.07, 6.45) is 0. The number of nitrogen functional groups attached to an aromatic ring is 1. The third-order valence-electron chi connectivity index (χ3n) is 21.6. The molecule has 0 saturated carbocycles. The largest absolute Gasteiger partial charge is 0.488 e. The molecule has 0 spiro atoms. The number of anilines is 3. The third-order valence-corrected chi connectivity index (χ3v) is 22.7. The first-order valence-corrected chi connectivity index (χ1v) is 47.7. The topological polar surface area (TPSA) is 159 Å². The van der Waals surface area contributed by atoms with Crippen molar-refractivity contribution >= 4 is 279 Å². The fourth-order valence-electron chi connectivity index (χ4n) is 16.3. The Labute approximate surface area is 773 Å². The molecule has 8 heterocycles. The second-order valence-corrected chi connectivity index (χ2v) is 30.3. The number of alkyl halides is 3. The number of aromatic nitrogens is 3. The van der Waals surface area contributed by atoms with Crippen molar-refractivity contribution in [3.8, 4) is 39.3 Å². The first-order chi connectivity index (χ1) is 61.0. The van der Waals surface area contributed by atoms with E-state index in [2.05, 4.69) is 339 Å². The minimum Gasteiger partial charge on any atom is -0.454 e. The summed E-state index contributed by atoms with van der Waals surface area (Å²) in [5.41, 5.74) is 28.9. The summed E-state index contributed by atoms with van der Waals surface area (Å²) in [6, 6.07) is 126. The first kappa shape index (κ1) is 84.2. The normalized spacial score (nSPS) is 11.1. The van der Waals surface area contributed by atoms with Crippen LogP contribution in [0.25, 0.3) is 182 Å². The van der Waals surface area contributed by atoms with Crippen LogP contribution in [0.4, 0.5) is 17.1 Å². The molecule has 24 rings (SSSR count). The molecular weight excluding hydrogens is 1990 g/mol. The quantitative estimate of drug-likeness (QED) is 0.0503. The molecule has 0 unspecified atom stereocenters. The Kier molecular flexibility index (Phi) is 25.8. The van der Waals surface area contributed by atoms with Gasteiger partial charge in [-0.15, -0.1) is 0 Å². The van der Waals surface area contributed by atoms with E-state index in [9.17, 15) is 0 Å². The van der Waals surface area contributed by atoms with Crippen LogP contribution in [0.2, 0.25) is 10.0 Å². The van der Waals surface area contributed by atoms with Crippen molar-refractivity contribution in [3.05, 3.63) is 391 Å². The zero-order valence-electron chi connectivity index (χ0n) is 67.0. The lowest BCUT2D eigenvalue weighted by atomic mass is 9.81. The van der Waals surface area contributed by atoms with E-state index in [-0.39, 0.29) is 0 Å². The number of furan rings is 5. The van der Waals surface area contributed by atoms with Crippen molar-refractivity contribution in [3.63, 3.8) is 0 Å². The molecule has 0 aliphatic rings. The van der Waals surface area contributed by atoms with Gasteiger partial charge in [0, 0.05) is 91.1 Å². The third kappa shape index (κ3) is 16.3. The monoisotopic (exact) mass is 2060 g/mol. The summed E-state index contributed by atoms with van der Waals surface area (Å²) in [6.45, 7) is 0. The summed E-state index contributed by atoms with van der Waals surface area (Å²) in [7, 11) is -1.41. The van der Waals surface area contributed by atoms with E-state index in [1.165, 1.54) is 16.2 Å². The fourth-order valence-corrected chi connectivity index (χ4v) is 17.1. The van der Waals surface area contributed by atoms with Crippen LogP contribution in [0, 0.1) is 0 Å². The van der Waals surface area contributed by atoms with Crippen molar-refractivity contribution < 1.29 is 32.1 Å². The lowest BCUT2D eigenvalue weighted by Gasteiger charge is -2.09. The minimum absolute atomic E-state index is 0.449. The molecule has 16 aromatic carbocycles. The molecule has 0 fully saturated rings. The highest BCUT2D eigenvalue weighted by atomic mass is 127. The van der Waals surface area contributed by atoms with E-state index >= 15 is 0 Å².